The number of ether oxygens (including phenoxy) is 1. The van der Waals surface area contributed by atoms with Crippen molar-refractivity contribution in [2.75, 3.05) is 7.11 Å². The van der Waals surface area contributed by atoms with Crippen molar-refractivity contribution in [1.29, 1.82) is 0 Å². The number of aryl methyl sites for hydroxylation is 1. The number of nitrogens with two attached hydrogens (primary N) is 1. The second-order valence-corrected chi connectivity index (χ2v) is 4.62. The van der Waals surface area contributed by atoms with Crippen molar-refractivity contribution in [3.05, 3.63) is 12.2 Å². The van der Waals surface area contributed by atoms with Crippen LogP contribution in [0.1, 0.15) is 33.0 Å². The molecule has 0 saturated heterocycles. The standard InChI is InChI=1S/C11H22N4O/c1-5-15-10(13-8-14-15)6-9(12)7-11(2,3)16-4/h8-9H,5-7,12H2,1-4H3. The van der Waals surface area contributed by atoms with Gasteiger partial charge in [0, 0.05) is 26.1 Å². The molecule has 0 spiro atoms. The Balaban J connectivity index is 2.54. The first-order valence-electron chi connectivity index (χ1n) is 5.66. The van der Waals surface area contributed by atoms with Gasteiger partial charge >= 0.3 is 0 Å². The third-order valence-electron chi connectivity index (χ3n) is 2.75. The van der Waals surface area contributed by atoms with Crippen LogP contribution in [0, 0.1) is 0 Å². The number of hydrogen-bond acceptors (Lipinski definition) is 4. The molecule has 0 radical (unpaired) electrons. The minimum Gasteiger partial charge on any atom is -0.379 e. The molecule has 1 aromatic rings. The number of methoxy groups -OCH3 is 1. The summed E-state index contributed by atoms with van der Waals surface area (Å²) in [5.74, 6) is 0.946. The highest BCUT2D eigenvalue weighted by atomic mass is 16.5. The van der Waals surface area contributed by atoms with Crippen LogP contribution in [-0.4, -0.2) is 33.5 Å². The van der Waals surface area contributed by atoms with Crippen LogP contribution in [0.3, 0.4) is 0 Å². The second kappa shape index (κ2) is 5.41. The lowest BCUT2D eigenvalue weighted by atomic mass is 9.97. The van der Waals surface area contributed by atoms with Gasteiger partial charge in [-0.05, 0) is 27.2 Å². The molecule has 0 saturated carbocycles. The van der Waals surface area contributed by atoms with E-state index >= 15 is 0 Å². The molecule has 0 aliphatic carbocycles. The van der Waals surface area contributed by atoms with Crippen LogP contribution in [0.5, 0.6) is 0 Å². The van der Waals surface area contributed by atoms with E-state index in [1.807, 2.05) is 25.5 Å². The Morgan fingerprint density at radius 3 is 2.81 bits per heavy atom. The highest BCUT2D eigenvalue weighted by molar-refractivity contribution is 4.90. The van der Waals surface area contributed by atoms with Gasteiger partial charge in [0.1, 0.15) is 12.2 Å². The maximum absolute atomic E-state index is 6.09. The minimum atomic E-state index is -0.184. The summed E-state index contributed by atoms with van der Waals surface area (Å²) in [6.07, 6.45) is 3.12. The Hall–Kier alpha value is -0.940. The first-order valence-corrected chi connectivity index (χ1v) is 5.66. The third-order valence-corrected chi connectivity index (χ3v) is 2.75. The van der Waals surface area contributed by atoms with Gasteiger partial charge in [0.05, 0.1) is 5.60 Å². The summed E-state index contributed by atoms with van der Waals surface area (Å²) in [4.78, 5) is 4.21. The smallest absolute Gasteiger partial charge is 0.138 e. The zero-order valence-electron chi connectivity index (χ0n) is 10.6. The number of hydrogen-bond donors (Lipinski definition) is 1. The molecule has 5 heteroatoms. The molecule has 0 aliphatic rings. The van der Waals surface area contributed by atoms with Crippen molar-refractivity contribution < 1.29 is 4.74 Å². The molecule has 0 aromatic carbocycles. The van der Waals surface area contributed by atoms with Gasteiger partial charge in [0.15, 0.2) is 0 Å². The van der Waals surface area contributed by atoms with Crippen LogP contribution in [-0.2, 0) is 17.7 Å². The predicted molar refractivity (Wildman–Crippen MR) is 63.1 cm³/mol. The molecule has 0 fully saturated rings. The maximum atomic E-state index is 6.09. The highest BCUT2D eigenvalue weighted by Crippen LogP contribution is 2.16. The van der Waals surface area contributed by atoms with E-state index in [0.717, 1.165) is 25.2 Å². The van der Waals surface area contributed by atoms with Crippen molar-refractivity contribution in [2.45, 2.75) is 51.8 Å². The first-order chi connectivity index (χ1) is 7.48. The Labute approximate surface area is 97.0 Å². The van der Waals surface area contributed by atoms with Gasteiger partial charge in [-0.3, -0.25) is 4.68 Å². The average molecular weight is 226 g/mol. The molecule has 1 rings (SSSR count). The summed E-state index contributed by atoms with van der Waals surface area (Å²) in [5, 5.41) is 4.12. The van der Waals surface area contributed by atoms with Gasteiger partial charge in [-0.2, -0.15) is 5.10 Å². The molecule has 16 heavy (non-hydrogen) atoms. The van der Waals surface area contributed by atoms with Crippen molar-refractivity contribution >= 4 is 0 Å². The normalized spacial score (nSPS) is 14.1. The topological polar surface area (TPSA) is 66.0 Å². The maximum Gasteiger partial charge on any atom is 0.138 e. The van der Waals surface area contributed by atoms with Crippen molar-refractivity contribution in [3.8, 4) is 0 Å². The SMILES string of the molecule is CCn1ncnc1CC(N)CC(C)(C)OC. The second-order valence-electron chi connectivity index (χ2n) is 4.62. The summed E-state index contributed by atoms with van der Waals surface area (Å²) in [5.41, 5.74) is 5.91. The van der Waals surface area contributed by atoms with Gasteiger partial charge in [0.2, 0.25) is 0 Å². The molecule has 0 aliphatic heterocycles. The fraction of sp³-hybridized carbons (Fsp3) is 0.818. The predicted octanol–water partition coefficient (Wildman–Crippen LogP) is 0.983. The Morgan fingerprint density at radius 1 is 1.56 bits per heavy atom. The van der Waals surface area contributed by atoms with E-state index in [9.17, 15) is 0 Å². The molecule has 1 atom stereocenters. The molecule has 92 valence electrons. The summed E-state index contributed by atoms with van der Waals surface area (Å²) >= 11 is 0. The van der Waals surface area contributed by atoms with E-state index in [4.69, 9.17) is 10.5 Å². The van der Waals surface area contributed by atoms with Crippen LogP contribution in [0.4, 0.5) is 0 Å². The highest BCUT2D eigenvalue weighted by Gasteiger charge is 2.21. The van der Waals surface area contributed by atoms with Crippen LogP contribution in [0.25, 0.3) is 0 Å². The molecule has 0 amide bonds. The monoisotopic (exact) mass is 226 g/mol. The summed E-state index contributed by atoms with van der Waals surface area (Å²) in [6.45, 7) is 6.95. The fourth-order valence-electron chi connectivity index (χ4n) is 1.73. The van der Waals surface area contributed by atoms with E-state index in [1.165, 1.54) is 0 Å². The van der Waals surface area contributed by atoms with Gasteiger partial charge in [-0.25, -0.2) is 4.98 Å². The zero-order chi connectivity index (χ0) is 12.2. The lowest BCUT2D eigenvalue weighted by Gasteiger charge is -2.26. The van der Waals surface area contributed by atoms with E-state index in [1.54, 1.807) is 13.4 Å². The summed E-state index contributed by atoms with van der Waals surface area (Å²) < 4.78 is 7.24. The molecular weight excluding hydrogens is 204 g/mol. The Kier molecular flexibility index (Phi) is 4.44. The lowest BCUT2D eigenvalue weighted by molar-refractivity contribution is 0.0100. The summed E-state index contributed by atoms with van der Waals surface area (Å²) in [6, 6.07) is 0.0458. The Bertz CT molecular complexity index is 322. The molecule has 2 N–H and O–H groups in total. The van der Waals surface area contributed by atoms with Crippen LogP contribution < -0.4 is 5.73 Å². The largest absolute Gasteiger partial charge is 0.379 e. The molecule has 1 aromatic heterocycles. The molecule has 1 heterocycles. The number of rotatable bonds is 6. The Morgan fingerprint density at radius 2 is 2.25 bits per heavy atom. The van der Waals surface area contributed by atoms with Crippen LogP contribution >= 0.6 is 0 Å². The first kappa shape index (κ1) is 13.1. The lowest BCUT2D eigenvalue weighted by Crippen LogP contribution is -2.35. The number of nitrogens with zero attached hydrogens (tertiary/aromatic N) is 3. The zero-order valence-corrected chi connectivity index (χ0v) is 10.6. The number of aromatic nitrogens is 3. The molecule has 0 bridgehead atoms. The van der Waals surface area contributed by atoms with Gasteiger partial charge in [-0.15, -0.1) is 0 Å². The van der Waals surface area contributed by atoms with E-state index in [0.29, 0.717) is 0 Å². The molecule has 5 nitrogen and oxygen atoms in total. The van der Waals surface area contributed by atoms with E-state index < -0.39 is 0 Å². The van der Waals surface area contributed by atoms with Crippen LogP contribution in [0.15, 0.2) is 6.33 Å². The molecular formula is C11H22N4O. The van der Waals surface area contributed by atoms with Crippen molar-refractivity contribution in [2.24, 2.45) is 5.73 Å². The van der Waals surface area contributed by atoms with Crippen molar-refractivity contribution in [3.63, 3.8) is 0 Å². The molecule has 1 unspecified atom stereocenters. The van der Waals surface area contributed by atoms with Crippen molar-refractivity contribution in [1.82, 2.24) is 14.8 Å². The van der Waals surface area contributed by atoms with E-state index in [2.05, 4.69) is 10.1 Å². The van der Waals surface area contributed by atoms with Crippen LogP contribution in [0.2, 0.25) is 0 Å². The third kappa shape index (κ3) is 3.57. The van der Waals surface area contributed by atoms with Gasteiger partial charge in [-0.1, -0.05) is 0 Å². The fourth-order valence-corrected chi connectivity index (χ4v) is 1.73. The minimum absolute atomic E-state index is 0.0458. The van der Waals surface area contributed by atoms with Gasteiger partial charge < -0.3 is 10.5 Å². The van der Waals surface area contributed by atoms with Gasteiger partial charge in [0.25, 0.3) is 0 Å². The average Bonchev–Trinajstić information content (AvgIpc) is 2.64. The quantitative estimate of drug-likeness (QED) is 0.785. The van der Waals surface area contributed by atoms with E-state index in [-0.39, 0.29) is 11.6 Å². The summed E-state index contributed by atoms with van der Waals surface area (Å²) in [7, 11) is 1.71.